The Morgan fingerprint density at radius 3 is 2.60 bits per heavy atom. The van der Waals surface area contributed by atoms with Crippen molar-refractivity contribution in [1.82, 2.24) is 0 Å². The Morgan fingerprint density at radius 1 is 1.25 bits per heavy atom. The fraction of sp³-hybridized carbons (Fsp3) is 0.133. The van der Waals surface area contributed by atoms with Gasteiger partial charge in [-0.25, -0.2) is 4.39 Å². The number of carbonyl (C=O) groups excluding carboxylic acids is 1. The highest BCUT2D eigenvalue weighted by molar-refractivity contribution is 7.80. The largest absolute Gasteiger partial charge is 0.494 e. The fourth-order valence-corrected chi connectivity index (χ4v) is 1.89. The molecule has 1 N–H and O–H groups in total. The van der Waals surface area contributed by atoms with Crippen molar-refractivity contribution < 1.29 is 13.9 Å². The van der Waals surface area contributed by atoms with Crippen molar-refractivity contribution in [3.8, 4) is 5.75 Å². The lowest BCUT2D eigenvalue weighted by Crippen LogP contribution is -2.13. The summed E-state index contributed by atoms with van der Waals surface area (Å²) in [6.07, 6.45) is 0. The molecule has 0 heterocycles. The van der Waals surface area contributed by atoms with Crippen LogP contribution in [0, 0.1) is 5.82 Å². The molecule has 2 aromatic carbocycles. The minimum Gasteiger partial charge on any atom is -0.494 e. The lowest BCUT2D eigenvalue weighted by molar-refractivity contribution is 0.102. The van der Waals surface area contributed by atoms with E-state index in [1.165, 1.54) is 18.2 Å². The molecular weight excluding hydrogens is 277 g/mol. The molecule has 0 radical (unpaired) electrons. The molecule has 0 aliphatic carbocycles. The molecule has 20 heavy (non-hydrogen) atoms. The predicted octanol–water partition coefficient (Wildman–Crippen LogP) is 3.77. The molecule has 1 amide bonds. The van der Waals surface area contributed by atoms with Gasteiger partial charge in [-0.05, 0) is 49.4 Å². The van der Waals surface area contributed by atoms with Crippen LogP contribution in [0.5, 0.6) is 5.75 Å². The molecule has 0 spiro atoms. The van der Waals surface area contributed by atoms with E-state index in [0.717, 1.165) is 0 Å². The summed E-state index contributed by atoms with van der Waals surface area (Å²) in [6, 6.07) is 11.0. The van der Waals surface area contributed by atoms with Crippen molar-refractivity contribution in [2.75, 3.05) is 11.9 Å². The summed E-state index contributed by atoms with van der Waals surface area (Å²) < 4.78 is 18.9. The standard InChI is InChI=1S/C15H14FNO2S/c1-2-19-11-5-3-10(4-6-11)17-15(18)13-9-12(20)7-8-14(13)16/h3-9,20H,2H2,1H3,(H,17,18). The van der Waals surface area contributed by atoms with E-state index in [0.29, 0.717) is 22.9 Å². The molecule has 0 aliphatic rings. The third kappa shape index (κ3) is 3.51. The normalized spacial score (nSPS) is 10.2. The minimum atomic E-state index is -0.578. The van der Waals surface area contributed by atoms with Crippen LogP contribution in [0.15, 0.2) is 47.4 Å². The summed E-state index contributed by atoms with van der Waals surface area (Å²) in [6.45, 7) is 2.47. The van der Waals surface area contributed by atoms with E-state index in [4.69, 9.17) is 4.74 Å². The van der Waals surface area contributed by atoms with Crippen molar-refractivity contribution in [1.29, 1.82) is 0 Å². The van der Waals surface area contributed by atoms with Crippen LogP contribution in [-0.2, 0) is 0 Å². The molecule has 0 aromatic heterocycles. The van der Waals surface area contributed by atoms with Crippen molar-refractivity contribution >= 4 is 24.2 Å². The molecule has 0 saturated carbocycles. The van der Waals surface area contributed by atoms with Gasteiger partial charge in [0, 0.05) is 10.6 Å². The molecule has 0 fully saturated rings. The Kier molecular flexibility index (Phi) is 4.63. The average Bonchev–Trinajstić information content (AvgIpc) is 2.44. The molecule has 3 nitrogen and oxygen atoms in total. The second-order valence-corrected chi connectivity index (χ2v) is 4.59. The highest BCUT2D eigenvalue weighted by atomic mass is 32.1. The van der Waals surface area contributed by atoms with Crippen LogP contribution >= 0.6 is 12.6 Å². The molecule has 0 saturated heterocycles. The van der Waals surface area contributed by atoms with Gasteiger partial charge in [0.05, 0.1) is 12.2 Å². The summed E-state index contributed by atoms with van der Waals surface area (Å²) >= 11 is 4.10. The number of thiol groups is 1. The first kappa shape index (κ1) is 14.4. The summed E-state index contributed by atoms with van der Waals surface area (Å²) in [7, 11) is 0. The quantitative estimate of drug-likeness (QED) is 0.842. The molecule has 0 bridgehead atoms. The predicted molar refractivity (Wildman–Crippen MR) is 79.2 cm³/mol. The van der Waals surface area contributed by atoms with Crippen molar-refractivity contribution in [2.45, 2.75) is 11.8 Å². The Hall–Kier alpha value is -2.01. The highest BCUT2D eigenvalue weighted by Gasteiger charge is 2.12. The smallest absolute Gasteiger partial charge is 0.258 e. The highest BCUT2D eigenvalue weighted by Crippen LogP contribution is 2.18. The average molecular weight is 291 g/mol. The van der Waals surface area contributed by atoms with Crippen molar-refractivity contribution in [2.24, 2.45) is 0 Å². The second-order valence-electron chi connectivity index (χ2n) is 4.08. The lowest BCUT2D eigenvalue weighted by atomic mass is 10.2. The van der Waals surface area contributed by atoms with E-state index in [1.54, 1.807) is 24.3 Å². The van der Waals surface area contributed by atoms with E-state index in [9.17, 15) is 9.18 Å². The first-order valence-electron chi connectivity index (χ1n) is 6.13. The minimum absolute atomic E-state index is 0.0358. The van der Waals surface area contributed by atoms with E-state index in [-0.39, 0.29) is 5.56 Å². The van der Waals surface area contributed by atoms with Crippen molar-refractivity contribution in [3.63, 3.8) is 0 Å². The Labute approximate surface area is 122 Å². The van der Waals surface area contributed by atoms with Gasteiger partial charge in [0.2, 0.25) is 0 Å². The summed E-state index contributed by atoms with van der Waals surface area (Å²) in [5.41, 5.74) is 0.536. The SMILES string of the molecule is CCOc1ccc(NC(=O)c2cc(S)ccc2F)cc1. The first-order valence-corrected chi connectivity index (χ1v) is 6.57. The summed E-state index contributed by atoms with van der Waals surface area (Å²) in [4.78, 5) is 12.5. The maximum absolute atomic E-state index is 13.6. The van der Waals surface area contributed by atoms with Crippen LogP contribution in [-0.4, -0.2) is 12.5 Å². The van der Waals surface area contributed by atoms with E-state index >= 15 is 0 Å². The van der Waals surface area contributed by atoms with Gasteiger partial charge in [-0.1, -0.05) is 0 Å². The maximum atomic E-state index is 13.6. The Balaban J connectivity index is 2.13. The monoisotopic (exact) mass is 291 g/mol. The third-order valence-corrected chi connectivity index (χ3v) is 2.90. The van der Waals surface area contributed by atoms with Crippen molar-refractivity contribution in [3.05, 3.63) is 53.8 Å². The molecular formula is C15H14FNO2S. The zero-order chi connectivity index (χ0) is 14.5. The number of benzene rings is 2. The topological polar surface area (TPSA) is 38.3 Å². The summed E-state index contributed by atoms with van der Waals surface area (Å²) in [5, 5.41) is 2.63. The van der Waals surface area contributed by atoms with Gasteiger partial charge in [-0.3, -0.25) is 4.79 Å². The van der Waals surface area contributed by atoms with Crippen LogP contribution < -0.4 is 10.1 Å². The number of ether oxygens (including phenoxy) is 1. The molecule has 0 aliphatic heterocycles. The number of amides is 1. The zero-order valence-corrected chi connectivity index (χ0v) is 11.8. The van der Waals surface area contributed by atoms with Gasteiger partial charge in [-0.15, -0.1) is 12.6 Å². The van der Waals surface area contributed by atoms with Crippen LogP contribution in [0.25, 0.3) is 0 Å². The van der Waals surface area contributed by atoms with Crippen LogP contribution in [0.4, 0.5) is 10.1 Å². The molecule has 0 unspecified atom stereocenters. The van der Waals surface area contributed by atoms with Crippen LogP contribution in [0.3, 0.4) is 0 Å². The summed E-state index contributed by atoms with van der Waals surface area (Å²) in [5.74, 6) is -0.372. The van der Waals surface area contributed by atoms with Crippen LogP contribution in [0.1, 0.15) is 17.3 Å². The number of carbonyl (C=O) groups is 1. The van der Waals surface area contributed by atoms with Gasteiger partial charge < -0.3 is 10.1 Å². The fourth-order valence-electron chi connectivity index (χ4n) is 1.69. The Bertz CT molecular complexity index is 614. The maximum Gasteiger partial charge on any atom is 0.258 e. The molecule has 2 rings (SSSR count). The van der Waals surface area contributed by atoms with Gasteiger partial charge >= 0.3 is 0 Å². The van der Waals surface area contributed by atoms with Gasteiger partial charge in [0.15, 0.2) is 0 Å². The molecule has 0 atom stereocenters. The number of anilines is 1. The third-order valence-electron chi connectivity index (χ3n) is 2.62. The second kappa shape index (κ2) is 6.43. The lowest BCUT2D eigenvalue weighted by Gasteiger charge is -2.08. The van der Waals surface area contributed by atoms with E-state index in [1.807, 2.05) is 6.92 Å². The van der Waals surface area contributed by atoms with Gasteiger partial charge in [-0.2, -0.15) is 0 Å². The molecule has 2 aromatic rings. The van der Waals surface area contributed by atoms with Gasteiger partial charge in [0.25, 0.3) is 5.91 Å². The van der Waals surface area contributed by atoms with E-state index in [2.05, 4.69) is 17.9 Å². The molecule has 104 valence electrons. The first-order chi connectivity index (χ1) is 9.60. The number of nitrogens with one attached hydrogen (secondary N) is 1. The zero-order valence-electron chi connectivity index (χ0n) is 10.9. The number of rotatable bonds is 4. The van der Waals surface area contributed by atoms with E-state index < -0.39 is 11.7 Å². The number of hydrogen-bond acceptors (Lipinski definition) is 3. The Morgan fingerprint density at radius 2 is 1.95 bits per heavy atom. The molecule has 5 heteroatoms. The number of hydrogen-bond donors (Lipinski definition) is 2. The van der Waals surface area contributed by atoms with Gasteiger partial charge in [0.1, 0.15) is 11.6 Å². The van der Waals surface area contributed by atoms with Crippen LogP contribution in [0.2, 0.25) is 0 Å². The number of halogens is 1.